The van der Waals surface area contributed by atoms with Crippen LogP contribution in [0.3, 0.4) is 0 Å². The highest BCUT2D eigenvalue weighted by molar-refractivity contribution is 6.30. The van der Waals surface area contributed by atoms with Crippen LogP contribution in [0.25, 0.3) is 0 Å². The normalized spacial score (nSPS) is 12.7. The lowest BCUT2D eigenvalue weighted by atomic mass is 10.2. The van der Waals surface area contributed by atoms with Crippen molar-refractivity contribution in [2.45, 2.75) is 0 Å². The third-order valence-corrected chi connectivity index (χ3v) is 3.70. The first-order valence-corrected chi connectivity index (χ1v) is 8.25. The van der Waals surface area contributed by atoms with Crippen LogP contribution in [0.4, 0.5) is 0 Å². The van der Waals surface area contributed by atoms with Gasteiger partial charge >= 0.3 is 0 Å². The molecule has 0 radical (unpaired) electrons. The number of nitrogens with one attached hydrogen (secondary N) is 2. The van der Waals surface area contributed by atoms with Gasteiger partial charge in [0.25, 0.3) is 11.8 Å². The Morgan fingerprint density at radius 2 is 1.92 bits per heavy atom. The summed E-state index contributed by atoms with van der Waals surface area (Å²) >= 11 is 5.83. The highest BCUT2D eigenvalue weighted by Crippen LogP contribution is 2.30. The molecule has 0 saturated carbocycles. The molecule has 0 saturated heterocycles. The van der Waals surface area contributed by atoms with E-state index < -0.39 is 11.8 Å². The summed E-state index contributed by atoms with van der Waals surface area (Å²) in [4.78, 5) is 23.7. The molecule has 0 aliphatic carbocycles. The Morgan fingerprint density at radius 1 is 1.12 bits per heavy atom. The van der Waals surface area contributed by atoms with Crippen molar-refractivity contribution in [3.8, 4) is 11.5 Å². The fourth-order valence-electron chi connectivity index (χ4n) is 2.25. The van der Waals surface area contributed by atoms with Crippen molar-refractivity contribution < 1.29 is 19.1 Å². The topological polar surface area (TPSA) is 89.0 Å². The van der Waals surface area contributed by atoms with E-state index in [1.165, 1.54) is 12.3 Å². The van der Waals surface area contributed by atoms with Crippen molar-refractivity contribution in [1.29, 1.82) is 0 Å². The van der Waals surface area contributed by atoms with Gasteiger partial charge in [0.1, 0.15) is 13.2 Å². The first-order valence-electron chi connectivity index (χ1n) is 7.87. The molecule has 2 aromatic rings. The molecule has 26 heavy (non-hydrogen) atoms. The van der Waals surface area contributed by atoms with Crippen molar-refractivity contribution in [1.82, 2.24) is 10.7 Å². The van der Waals surface area contributed by atoms with Crippen LogP contribution < -0.4 is 20.2 Å². The minimum atomic E-state index is -0.450. The van der Waals surface area contributed by atoms with Crippen molar-refractivity contribution >= 4 is 29.6 Å². The Morgan fingerprint density at radius 3 is 2.73 bits per heavy atom. The molecular formula is C18H16ClN3O4. The molecule has 7 nitrogen and oxygen atoms in total. The fraction of sp³-hybridized carbons (Fsp3) is 0.167. The molecule has 134 valence electrons. The Bertz CT molecular complexity index is 854. The number of ether oxygens (including phenoxy) is 2. The highest BCUT2D eigenvalue weighted by atomic mass is 35.5. The van der Waals surface area contributed by atoms with Crippen molar-refractivity contribution in [2.75, 3.05) is 19.8 Å². The van der Waals surface area contributed by atoms with E-state index in [4.69, 9.17) is 21.1 Å². The second-order valence-electron chi connectivity index (χ2n) is 5.39. The van der Waals surface area contributed by atoms with Crippen LogP contribution >= 0.6 is 11.6 Å². The van der Waals surface area contributed by atoms with E-state index in [1.807, 2.05) is 0 Å². The minimum absolute atomic E-state index is 0.205. The van der Waals surface area contributed by atoms with Gasteiger partial charge in [-0.2, -0.15) is 5.10 Å². The highest BCUT2D eigenvalue weighted by Gasteiger charge is 2.11. The predicted molar refractivity (Wildman–Crippen MR) is 97.0 cm³/mol. The monoisotopic (exact) mass is 373 g/mol. The summed E-state index contributed by atoms with van der Waals surface area (Å²) < 4.78 is 10.9. The van der Waals surface area contributed by atoms with Gasteiger partial charge in [0.2, 0.25) is 0 Å². The minimum Gasteiger partial charge on any atom is -0.486 e. The summed E-state index contributed by atoms with van der Waals surface area (Å²) in [6.07, 6.45) is 1.48. The molecule has 0 aromatic heterocycles. The lowest BCUT2D eigenvalue weighted by molar-refractivity contribution is -0.120. The number of nitrogens with zero attached hydrogens (tertiary/aromatic N) is 1. The van der Waals surface area contributed by atoms with Crippen LogP contribution in [0.5, 0.6) is 11.5 Å². The maximum Gasteiger partial charge on any atom is 0.259 e. The van der Waals surface area contributed by atoms with Gasteiger partial charge in [-0.3, -0.25) is 9.59 Å². The van der Waals surface area contributed by atoms with Crippen LogP contribution in [-0.4, -0.2) is 37.8 Å². The van der Waals surface area contributed by atoms with E-state index in [-0.39, 0.29) is 6.54 Å². The molecule has 2 N–H and O–H groups in total. The van der Waals surface area contributed by atoms with Gasteiger partial charge in [0.15, 0.2) is 11.5 Å². The standard InChI is InChI=1S/C18H16ClN3O4/c19-14-3-1-2-13(9-14)18(24)20-11-17(23)22-21-10-12-4-5-15-16(8-12)26-7-6-25-15/h1-5,8-10H,6-7,11H2,(H,20,24)(H,22,23)/b21-10-. The van der Waals surface area contributed by atoms with Crippen molar-refractivity contribution in [3.63, 3.8) is 0 Å². The van der Waals surface area contributed by atoms with Crippen LogP contribution in [0, 0.1) is 0 Å². The Labute approximate surface area is 154 Å². The number of amides is 2. The molecule has 0 bridgehead atoms. The predicted octanol–water partition coefficient (Wildman–Crippen LogP) is 1.99. The zero-order valence-electron chi connectivity index (χ0n) is 13.7. The Balaban J connectivity index is 1.48. The maximum atomic E-state index is 11.9. The third kappa shape index (κ3) is 4.73. The van der Waals surface area contributed by atoms with Crippen molar-refractivity contribution in [3.05, 3.63) is 58.6 Å². The van der Waals surface area contributed by atoms with E-state index in [9.17, 15) is 9.59 Å². The zero-order chi connectivity index (χ0) is 18.4. The number of fused-ring (bicyclic) bond motifs is 1. The molecule has 2 aromatic carbocycles. The van der Waals surface area contributed by atoms with Crippen LogP contribution in [0.1, 0.15) is 15.9 Å². The first kappa shape index (κ1) is 17.8. The SMILES string of the molecule is O=C(CNC(=O)c1cccc(Cl)c1)N/N=C\c1ccc2c(c1)OCCO2. The molecular weight excluding hydrogens is 358 g/mol. The molecule has 0 spiro atoms. The Kier molecular flexibility index (Phi) is 5.70. The van der Waals surface area contributed by atoms with Crippen LogP contribution in [0.2, 0.25) is 5.02 Å². The third-order valence-electron chi connectivity index (χ3n) is 3.47. The molecule has 1 aliphatic rings. The number of hydrogen-bond acceptors (Lipinski definition) is 5. The largest absolute Gasteiger partial charge is 0.486 e. The maximum absolute atomic E-state index is 11.9. The molecule has 1 heterocycles. The van der Waals surface area contributed by atoms with Crippen molar-refractivity contribution in [2.24, 2.45) is 5.10 Å². The number of hydrogen-bond donors (Lipinski definition) is 2. The van der Waals surface area contributed by atoms with E-state index in [0.29, 0.717) is 35.3 Å². The number of halogens is 1. The molecule has 0 fully saturated rings. The van der Waals surface area contributed by atoms with Gasteiger partial charge in [-0.25, -0.2) is 5.43 Å². The number of rotatable bonds is 5. The number of carbonyl (C=O) groups is 2. The number of benzene rings is 2. The summed E-state index contributed by atoms with van der Waals surface area (Å²) in [7, 11) is 0. The fourth-order valence-corrected chi connectivity index (χ4v) is 2.44. The molecule has 2 amide bonds. The van der Waals surface area contributed by atoms with Gasteiger partial charge < -0.3 is 14.8 Å². The van der Waals surface area contributed by atoms with Gasteiger partial charge in [-0.05, 0) is 42.0 Å². The molecule has 8 heteroatoms. The summed E-state index contributed by atoms with van der Waals surface area (Å²) in [5, 5.41) is 6.81. The molecule has 3 rings (SSSR count). The molecule has 1 aliphatic heterocycles. The van der Waals surface area contributed by atoms with Gasteiger partial charge in [-0.15, -0.1) is 0 Å². The van der Waals surface area contributed by atoms with Gasteiger partial charge in [0.05, 0.1) is 12.8 Å². The second-order valence-corrected chi connectivity index (χ2v) is 5.83. The average Bonchev–Trinajstić information content (AvgIpc) is 2.66. The molecule has 0 atom stereocenters. The lowest BCUT2D eigenvalue weighted by Gasteiger charge is -2.18. The summed E-state index contributed by atoms with van der Waals surface area (Å²) in [5.41, 5.74) is 3.47. The number of carbonyl (C=O) groups excluding carboxylic acids is 2. The quantitative estimate of drug-likeness (QED) is 0.619. The van der Waals surface area contributed by atoms with Crippen LogP contribution in [-0.2, 0) is 4.79 Å². The van der Waals surface area contributed by atoms with E-state index in [1.54, 1.807) is 36.4 Å². The Hall–Kier alpha value is -3.06. The summed E-state index contributed by atoms with van der Waals surface area (Å²) in [5.74, 6) is 0.481. The smallest absolute Gasteiger partial charge is 0.259 e. The average molecular weight is 374 g/mol. The first-order chi connectivity index (χ1) is 12.6. The lowest BCUT2D eigenvalue weighted by Crippen LogP contribution is -2.34. The van der Waals surface area contributed by atoms with Crippen LogP contribution in [0.15, 0.2) is 47.6 Å². The van der Waals surface area contributed by atoms with Gasteiger partial charge in [-0.1, -0.05) is 17.7 Å². The second kappa shape index (κ2) is 8.35. The summed E-state index contributed by atoms with van der Waals surface area (Å²) in [6.45, 7) is 0.817. The molecule has 0 unspecified atom stereocenters. The summed E-state index contributed by atoms with van der Waals surface area (Å²) in [6, 6.07) is 11.8. The van der Waals surface area contributed by atoms with E-state index in [2.05, 4.69) is 15.8 Å². The van der Waals surface area contributed by atoms with E-state index in [0.717, 1.165) is 5.56 Å². The van der Waals surface area contributed by atoms with Gasteiger partial charge in [0, 0.05) is 10.6 Å². The number of hydrazone groups is 1. The zero-order valence-corrected chi connectivity index (χ0v) is 14.5. The van der Waals surface area contributed by atoms with E-state index >= 15 is 0 Å².